The molecular formula is C29H34N6O2S. The van der Waals surface area contributed by atoms with Crippen molar-refractivity contribution < 1.29 is 9.15 Å². The van der Waals surface area contributed by atoms with E-state index in [1.165, 1.54) is 48.6 Å². The summed E-state index contributed by atoms with van der Waals surface area (Å²) in [5, 5.41) is 14.6. The van der Waals surface area contributed by atoms with Crippen LogP contribution in [-0.2, 0) is 4.74 Å². The number of nitrogens with zero attached hydrogens (tertiary/aromatic N) is 5. The molecule has 5 aromatic rings. The van der Waals surface area contributed by atoms with E-state index >= 15 is 0 Å². The lowest BCUT2D eigenvalue weighted by atomic mass is 9.73. The van der Waals surface area contributed by atoms with Crippen LogP contribution in [0.1, 0.15) is 102 Å². The molecule has 7 rings (SSSR count). The van der Waals surface area contributed by atoms with Gasteiger partial charge < -0.3 is 14.1 Å². The first-order valence-electron chi connectivity index (χ1n) is 13.8. The van der Waals surface area contributed by atoms with Crippen LogP contribution in [0.3, 0.4) is 0 Å². The summed E-state index contributed by atoms with van der Waals surface area (Å²) in [4.78, 5) is 11.0. The third-order valence-corrected chi connectivity index (χ3v) is 10.1. The Balaban J connectivity index is 1.18. The molecule has 0 radical (unpaired) electrons. The van der Waals surface area contributed by atoms with Gasteiger partial charge in [-0.05, 0) is 80.5 Å². The number of nitrogens with one attached hydrogen (secondary N) is 1. The van der Waals surface area contributed by atoms with Crippen LogP contribution < -0.4 is 0 Å². The molecule has 1 aliphatic heterocycles. The van der Waals surface area contributed by atoms with Crippen molar-refractivity contribution in [2.24, 2.45) is 0 Å². The summed E-state index contributed by atoms with van der Waals surface area (Å²) >= 11 is 1.92. The minimum atomic E-state index is 0.252. The van der Waals surface area contributed by atoms with Gasteiger partial charge in [0.2, 0.25) is 11.8 Å². The highest BCUT2D eigenvalue weighted by atomic mass is 32.1. The minimum absolute atomic E-state index is 0.252. The molecule has 1 saturated heterocycles. The first kappa shape index (κ1) is 24.0. The van der Waals surface area contributed by atoms with Crippen molar-refractivity contribution in [1.82, 2.24) is 29.8 Å². The maximum absolute atomic E-state index is 6.13. The number of aromatic nitrogens is 6. The van der Waals surface area contributed by atoms with Crippen LogP contribution in [0, 0.1) is 20.8 Å². The predicted octanol–water partition coefficient (Wildman–Crippen LogP) is 6.93. The fourth-order valence-electron chi connectivity index (χ4n) is 6.43. The van der Waals surface area contributed by atoms with Crippen LogP contribution in [0.2, 0.25) is 0 Å². The molecule has 9 heteroatoms. The van der Waals surface area contributed by atoms with Crippen molar-refractivity contribution in [1.29, 1.82) is 0 Å². The fraction of sp³-hybridized carbons (Fsp3) is 0.517. The molecule has 2 fully saturated rings. The van der Waals surface area contributed by atoms with Gasteiger partial charge in [0.25, 0.3) is 0 Å². The van der Waals surface area contributed by atoms with Gasteiger partial charge in [0, 0.05) is 34.5 Å². The number of thiophene rings is 1. The second kappa shape index (κ2) is 9.02. The zero-order chi connectivity index (χ0) is 26.1. The first-order chi connectivity index (χ1) is 18.4. The van der Waals surface area contributed by atoms with Gasteiger partial charge in [-0.15, -0.1) is 21.5 Å². The Kier molecular flexibility index (Phi) is 5.70. The van der Waals surface area contributed by atoms with Crippen molar-refractivity contribution in [2.75, 3.05) is 13.2 Å². The smallest absolute Gasteiger partial charge is 0.221 e. The lowest BCUT2D eigenvalue weighted by molar-refractivity contribution is 0.0717. The zero-order valence-corrected chi connectivity index (χ0v) is 23.5. The van der Waals surface area contributed by atoms with Crippen LogP contribution in [0.4, 0.5) is 0 Å². The molecule has 2 aliphatic rings. The van der Waals surface area contributed by atoms with Crippen molar-refractivity contribution in [3.63, 3.8) is 0 Å². The molecule has 6 heterocycles. The minimum Gasteiger partial charge on any atom is -0.425 e. The summed E-state index contributed by atoms with van der Waals surface area (Å²) in [6.07, 6.45) is 8.02. The van der Waals surface area contributed by atoms with E-state index in [1.54, 1.807) is 6.33 Å². The molecule has 0 aromatic carbocycles. The number of rotatable bonds is 5. The number of fused-ring (bicyclic) bond motifs is 2. The van der Waals surface area contributed by atoms with Gasteiger partial charge in [-0.25, -0.2) is 9.50 Å². The lowest BCUT2D eigenvalue weighted by Crippen LogP contribution is -2.20. The fourth-order valence-corrected chi connectivity index (χ4v) is 7.78. The highest BCUT2D eigenvalue weighted by Crippen LogP contribution is 2.53. The van der Waals surface area contributed by atoms with Crippen LogP contribution in [-0.4, -0.2) is 43.0 Å². The number of hydrogen-bond donors (Lipinski definition) is 1. The standard InChI is InChI=1S/C29H34N6O2S/c1-14(2)22-23-17(5)25(19-9-20(10-19)28-34-33-27(37-28)18-7-6-8-36-12-18)38-29(23)32-24(22)21-11-35-26(30-13-31-35)16(4)15(21)3/h11,13-14,18-20,32H,6-10,12H2,1-5H3/t18-,19?,20?/m1/s1. The summed E-state index contributed by atoms with van der Waals surface area (Å²) in [5.41, 5.74) is 8.57. The van der Waals surface area contributed by atoms with Crippen molar-refractivity contribution >= 4 is 27.2 Å². The molecule has 0 spiro atoms. The maximum Gasteiger partial charge on any atom is 0.221 e. The van der Waals surface area contributed by atoms with Crippen molar-refractivity contribution in [3.8, 4) is 11.3 Å². The van der Waals surface area contributed by atoms with Crippen molar-refractivity contribution in [3.05, 3.63) is 51.4 Å². The van der Waals surface area contributed by atoms with E-state index in [2.05, 4.69) is 66.1 Å². The Hall–Kier alpha value is -3.04. The summed E-state index contributed by atoms with van der Waals surface area (Å²) in [5.74, 6) is 3.10. The average molecular weight is 531 g/mol. The van der Waals surface area contributed by atoms with E-state index in [0.29, 0.717) is 24.4 Å². The first-order valence-corrected chi connectivity index (χ1v) is 14.6. The maximum atomic E-state index is 6.13. The van der Waals surface area contributed by atoms with Crippen LogP contribution in [0.25, 0.3) is 27.1 Å². The summed E-state index contributed by atoms with van der Waals surface area (Å²) < 4.78 is 13.6. The predicted molar refractivity (Wildman–Crippen MR) is 148 cm³/mol. The number of aryl methyl sites for hydroxylation is 2. The van der Waals surface area contributed by atoms with E-state index in [4.69, 9.17) is 9.15 Å². The Morgan fingerprint density at radius 3 is 2.55 bits per heavy atom. The van der Waals surface area contributed by atoms with Gasteiger partial charge in [0.15, 0.2) is 5.65 Å². The SMILES string of the molecule is Cc1c(-c2[nH]c3sc(C4CC(c5nnc([C@@H]6CCCOC6)o5)C4)c(C)c3c2C(C)C)cn2ncnc2c1C. The quantitative estimate of drug-likeness (QED) is 0.265. The molecule has 198 valence electrons. The Bertz CT molecular complexity index is 1640. The Morgan fingerprint density at radius 1 is 1.03 bits per heavy atom. The molecule has 38 heavy (non-hydrogen) atoms. The van der Waals surface area contributed by atoms with Gasteiger partial charge in [0.1, 0.15) is 11.2 Å². The van der Waals surface area contributed by atoms with Gasteiger partial charge in [0.05, 0.1) is 18.2 Å². The van der Waals surface area contributed by atoms with Gasteiger partial charge >= 0.3 is 0 Å². The molecule has 1 atom stereocenters. The van der Waals surface area contributed by atoms with Crippen LogP contribution in [0.15, 0.2) is 16.9 Å². The molecule has 0 amide bonds. The second-order valence-corrected chi connectivity index (χ2v) is 12.5. The summed E-state index contributed by atoms with van der Waals surface area (Å²) in [6.45, 7) is 12.8. The molecule has 0 unspecified atom stereocenters. The average Bonchev–Trinajstić information content (AvgIpc) is 3.67. The van der Waals surface area contributed by atoms with Gasteiger partial charge in [-0.2, -0.15) is 5.10 Å². The van der Waals surface area contributed by atoms with Gasteiger partial charge in [-0.1, -0.05) is 13.8 Å². The Labute approximate surface area is 225 Å². The number of aromatic amines is 1. The number of pyridine rings is 1. The Morgan fingerprint density at radius 2 is 1.82 bits per heavy atom. The molecule has 1 aliphatic carbocycles. The van der Waals surface area contributed by atoms with Crippen molar-refractivity contribution in [2.45, 2.75) is 84.0 Å². The van der Waals surface area contributed by atoms with E-state index in [0.717, 1.165) is 49.7 Å². The topological polar surface area (TPSA) is 94.1 Å². The number of ether oxygens (including phenoxy) is 1. The number of hydrogen-bond acceptors (Lipinski definition) is 7. The van der Waals surface area contributed by atoms with E-state index in [-0.39, 0.29) is 5.92 Å². The summed E-state index contributed by atoms with van der Waals surface area (Å²) in [6, 6.07) is 0. The third-order valence-electron chi connectivity index (χ3n) is 8.76. The zero-order valence-electron chi connectivity index (χ0n) is 22.7. The number of H-pyrrole nitrogens is 1. The highest BCUT2D eigenvalue weighted by Gasteiger charge is 2.38. The molecule has 1 N–H and O–H groups in total. The molecule has 0 bridgehead atoms. The second-order valence-electron chi connectivity index (χ2n) is 11.4. The largest absolute Gasteiger partial charge is 0.425 e. The van der Waals surface area contributed by atoms with Crippen LogP contribution in [0.5, 0.6) is 0 Å². The van der Waals surface area contributed by atoms with Gasteiger partial charge in [-0.3, -0.25) is 0 Å². The normalized spacial score (nSPS) is 22.1. The van der Waals surface area contributed by atoms with Crippen LogP contribution >= 0.6 is 11.3 Å². The summed E-state index contributed by atoms with van der Waals surface area (Å²) in [7, 11) is 0. The monoisotopic (exact) mass is 530 g/mol. The van der Waals surface area contributed by atoms with E-state index < -0.39 is 0 Å². The molecule has 5 aromatic heterocycles. The third kappa shape index (κ3) is 3.66. The van der Waals surface area contributed by atoms with E-state index in [1.807, 2.05) is 15.9 Å². The molecule has 8 nitrogen and oxygen atoms in total. The highest BCUT2D eigenvalue weighted by molar-refractivity contribution is 7.19. The lowest BCUT2D eigenvalue weighted by Gasteiger charge is -2.32. The molecule has 1 saturated carbocycles. The van der Waals surface area contributed by atoms with E-state index in [9.17, 15) is 0 Å². The molecular weight excluding hydrogens is 496 g/mol.